The molecule has 2 aromatic rings. The summed E-state index contributed by atoms with van der Waals surface area (Å²) in [6.07, 6.45) is -0.184. The van der Waals surface area contributed by atoms with Gasteiger partial charge >= 0.3 is 0 Å². The summed E-state index contributed by atoms with van der Waals surface area (Å²) in [5, 5.41) is 9.69. The van der Waals surface area contributed by atoms with E-state index in [1.54, 1.807) is 6.07 Å². The highest BCUT2D eigenvalue weighted by molar-refractivity contribution is 5.28. The third-order valence-corrected chi connectivity index (χ3v) is 2.69. The fourth-order valence-corrected chi connectivity index (χ4v) is 1.97. The molecule has 1 aliphatic heterocycles. The van der Waals surface area contributed by atoms with Gasteiger partial charge in [0.25, 0.3) is 0 Å². The maximum atomic E-state index is 9.69. The van der Waals surface area contributed by atoms with Gasteiger partial charge in [-0.15, -0.1) is 0 Å². The number of benzene rings is 1. The minimum Gasteiger partial charge on any atom is -0.494 e. The summed E-state index contributed by atoms with van der Waals surface area (Å²) in [6, 6.07) is 13.5. The van der Waals surface area contributed by atoms with Crippen LogP contribution < -0.4 is 0 Å². The predicted octanol–water partition coefficient (Wildman–Crippen LogP) is 2.27. The summed E-state index contributed by atoms with van der Waals surface area (Å²) >= 11 is 0. The smallest absolute Gasteiger partial charge is 0.193 e. The Balaban J connectivity index is 2.07. The molecule has 1 atom stereocenters. The zero-order valence-electron chi connectivity index (χ0n) is 8.13. The van der Waals surface area contributed by atoms with Gasteiger partial charge in [-0.25, -0.2) is 0 Å². The van der Waals surface area contributed by atoms with Gasteiger partial charge in [0.2, 0.25) is 0 Å². The molecule has 0 aliphatic carbocycles. The maximum absolute atomic E-state index is 9.69. The average Bonchev–Trinajstić information content (AvgIpc) is 2.84. The second-order valence-corrected chi connectivity index (χ2v) is 3.63. The van der Waals surface area contributed by atoms with E-state index in [0.29, 0.717) is 6.61 Å². The molecule has 0 unspecified atom stereocenters. The normalized spacial score (nSPS) is 19.1. The van der Waals surface area contributed by atoms with Crippen LogP contribution in [0, 0.1) is 0 Å². The second-order valence-electron chi connectivity index (χ2n) is 3.63. The van der Waals surface area contributed by atoms with Crippen molar-refractivity contribution in [2.24, 2.45) is 0 Å². The molecular weight excluding hydrogens is 190 g/mol. The van der Waals surface area contributed by atoms with Crippen LogP contribution in [-0.2, 0) is 11.3 Å². The van der Waals surface area contributed by atoms with Crippen molar-refractivity contribution in [1.29, 1.82) is 0 Å². The van der Waals surface area contributed by atoms with E-state index >= 15 is 0 Å². The first-order chi connectivity index (χ1) is 7.36. The van der Waals surface area contributed by atoms with Gasteiger partial charge in [-0.05, 0) is 6.07 Å². The van der Waals surface area contributed by atoms with Crippen LogP contribution in [0.4, 0.5) is 0 Å². The van der Waals surface area contributed by atoms with Crippen LogP contribution in [0.3, 0.4) is 0 Å². The van der Waals surface area contributed by atoms with E-state index in [0.717, 1.165) is 11.3 Å². The van der Waals surface area contributed by atoms with Crippen molar-refractivity contribution in [2.45, 2.75) is 12.8 Å². The summed E-state index contributed by atoms with van der Waals surface area (Å²) in [6.45, 7) is 0.556. The number of nitrogens with zero attached hydrogens (tertiary/aromatic N) is 1. The van der Waals surface area contributed by atoms with Gasteiger partial charge in [0, 0.05) is 17.3 Å². The highest BCUT2D eigenvalue weighted by Crippen LogP contribution is 2.34. The topological polar surface area (TPSA) is 34.4 Å². The number of aromatic nitrogens is 1. The molecule has 1 aromatic carbocycles. The van der Waals surface area contributed by atoms with E-state index in [4.69, 9.17) is 4.74 Å². The van der Waals surface area contributed by atoms with Crippen molar-refractivity contribution in [3.8, 4) is 5.88 Å². The molecule has 1 N–H and O–H groups in total. The lowest BCUT2D eigenvalue weighted by Crippen LogP contribution is -2.06. The standard InChI is InChI=1S/C12H11NO2/c14-11-7-6-10-8-15-12(13(10)11)9-4-2-1-3-5-9/h1-7,12,14H,8H2/t12-/m1/s1. The monoisotopic (exact) mass is 201 g/mol. The van der Waals surface area contributed by atoms with E-state index in [-0.39, 0.29) is 12.1 Å². The van der Waals surface area contributed by atoms with Crippen molar-refractivity contribution in [3.05, 3.63) is 53.7 Å². The summed E-state index contributed by atoms with van der Waals surface area (Å²) in [4.78, 5) is 0. The summed E-state index contributed by atoms with van der Waals surface area (Å²) in [5.41, 5.74) is 2.07. The molecule has 3 nitrogen and oxygen atoms in total. The SMILES string of the molecule is Oc1ccc2n1[C@@H](c1ccccc1)OC2. The Kier molecular flexibility index (Phi) is 1.79. The first-order valence-electron chi connectivity index (χ1n) is 4.92. The van der Waals surface area contributed by atoms with Crippen LogP contribution in [0.2, 0.25) is 0 Å². The Bertz CT molecular complexity index is 476. The first-order valence-corrected chi connectivity index (χ1v) is 4.92. The number of rotatable bonds is 1. The van der Waals surface area contributed by atoms with Gasteiger partial charge in [0.1, 0.15) is 0 Å². The lowest BCUT2D eigenvalue weighted by molar-refractivity contribution is 0.0591. The molecule has 0 saturated carbocycles. The molecule has 1 aromatic heterocycles. The average molecular weight is 201 g/mol. The van der Waals surface area contributed by atoms with Crippen molar-refractivity contribution in [3.63, 3.8) is 0 Å². The maximum Gasteiger partial charge on any atom is 0.193 e. The lowest BCUT2D eigenvalue weighted by Gasteiger charge is -2.13. The molecule has 2 heterocycles. The Morgan fingerprint density at radius 3 is 2.73 bits per heavy atom. The van der Waals surface area contributed by atoms with E-state index in [1.807, 2.05) is 41.0 Å². The molecule has 0 fully saturated rings. The number of hydrogen-bond acceptors (Lipinski definition) is 2. The fraction of sp³-hybridized carbons (Fsp3) is 0.167. The molecule has 3 rings (SSSR count). The number of ether oxygens (including phenoxy) is 1. The van der Waals surface area contributed by atoms with Gasteiger partial charge in [-0.2, -0.15) is 0 Å². The number of hydrogen-bond donors (Lipinski definition) is 1. The van der Waals surface area contributed by atoms with Crippen molar-refractivity contribution in [2.75, 3.05) is 0 Å². The van der Waals surface area contributed by atoms with Crippen molar-refractivity contribution < 1.29 is 9.84 Å². The Labute approximate surface area is 87.5 Å². The van der Waals surface area contributed by atoms with E-state index in [2.05, 4.69) is 0 Å². The van der Waals surface area contributed by atoms with Crippen LogP contribution in [0.15, 0.2) is 42.5 Å². The Hall–Kier alpha value is -1.74. The molecule has 3 heteroatoms. The summed E-state index contributed by atoms with van der Waals surface area (Å²) in [5.74, 6) is 0.261. The number of aromatic hydroxyl groups is 1. The highest BCUT2D eigenvalue weighted by atomic mass is 16.5. The van der Waals surface area contributed by atoms with E-state index < -0.39 is 0 Å². The Morgan fingerprint density at radius 2 is 1.93 bits per heavy atom. The van der Waals surface area contributed by atoms with Crippen LogP contribution >= 0.6 is 0 Å². The molecule has 76 valence electrons. The zero-order valence-corrected chi connectivity index (χ0v) is 8.13. The van der Waals surface area contributed by atoms with Gasteiger partial charge in [0.05, 0.1) is 6.61 Å². The van der Waals surface area contributed by atoms with E-state index in [9.17, 15) is 5.11 Å². The molecular formula is C12H11NO2. The minimum atomic E-state index is -0.184. The zero-order chi connectivity index (χ0) is 10.3. The first kappa shape index (κ1) is 8.56. The third kappa shape index (κ3) is 1.24. The molecule has 15 heavy (non-hydrogen) atoms. The van der Waals surface area contributed by atoms with Gasteiger partial charge < -0.3 is 9.84 Å². The largest absolute Gasteiger partial charge is 0.494 e. The van der Waals surface area contributed by atoms with Crippen molar-refractivity contribution >= 4 is 0 Å². The van der Waals surface area contributed by atoms with Gasteiger partial charge in [-0.3, -0.25) is 4.57 Å². The van der Waals surface area contributed by atoms with Crippen LogP contribution in [0.5, 0.6) is 5.88 Å². The van der Waals surface area contributed by atoms with Crippen LogP contribution in [0.25, 0.3) is 0 Å². The van der Waals surface area contributed by atoms with Gasteiger partial charge in [0.15, 0.2) is 12.1 Å². The highest BCUT2D eigenvalue weighted by Gasteiger charge is 2.25. The number of fused-ring (bicyclic) bond motifs is 1. The molecule has 0 bridgehead atoms. The summed E-state index contributed by atoms with van der Waals surface area (Å²) in [7, 11) is 0. The van der Waals surface area contributed by atoms with Crippen molar-refractivity contribution in [1.82, 2.24) is 4.57 Å². The van der Waals surface area contributed by atoms with Crippen LogP contribution in [-0.4, -0.2) is 9.67 Å². The lowest BCUT2D eigenvalue weighted by atomic mass is 10.2. The Morgan fingerprint density at radius 1 is 1.13 bits per heavy atom. The quantitative estimate of drug-likeness (QED) is 0.768. The van der Waals surface area contributed by atoms with Crippen LogP contribution in [0.1, 0.15) is 17.5 Å². The minimum absolute atomic E-state index is 0.184. The fourth-order valence-electron chi connectivity index (χ4n) is 1.97. The van der Waals surface area contributed by atoms with E-state index in [1.165, 1.54) is 0 Å². The second kappa shape index (κ2) is 3.14. The molecule has 1 aliphatic rings. The van der Waals surface area contributed by atoms with Gasteiger partial charge in [-0.1, -0.05) is 30.3 Å². The molecule has 0 saturated heterocycles. The predicted molar refractivity (Wildman–Crippen MR) is 55.5 cm³/mol. The molecule has 0 amide bonds. The molecule has 0 radical (unpaired) electrons. The third-order valence-electron chi connectivity index (χ3n) is 2.69. The molecule has 0 spiro atoms. The summed E-state index contributed by atoms with van der Waals surface area (Å²) < 4.78 is 7.45.